The molecule has 0 aliphatic heterocycles. The van der Waals surface area contributed by atoms with E-state index in [9.17, 15) is 0 Å². The van der Waals surface area contributed by atoms with Crippen molar-refractivity contribution < 1.29 is 9.47 Å². The van der Waals surface area contributed by atoms with Gasteiger partial charge in [-0.25, -0.2) is 0 Å². The van der Waals surface area contributed by atoms with Gasteiger partial charge in [0, 0.05) is 19.9 Å². The van der Waals surface area contributed by atoms with E-state index in [0.717, 1.165) is 5.69 Å². The van der Waals surface area contributed by atoms with Crippen LogP contribution in [0.25, 0.3) is 0 Å². The minimum atomic E-state index is -0.296. The number of nitrogens with zero attached hydrogens (tertiary/aromatic N) is 1. The third kappa shape index (κ3) is 3.23. The van der Waals surface area contributed by atoms with Crippen LogP contribution < -0.4 is 5.32 Å². The molecular weight excluding hydrogens is 204 g/mol. The Hall–Kier alpha value is -1.57. The van der Waals surface area contributed by atoms with E-state index in [2.05, 4.69) is 11.4 Å². The molecule has 0 aliphatic carbocycles. The molecule has 1 aromatic carbocycles. The first-order chi connectivity index (χ1) is 7.71. The molecule has 1 rings (SSSR count). The van der Waals surface area contributed by atoms with Gasteiger partial charge in [0.2, 0.25) is 0 Å². The van der Waals surface area contributed by atoms with Gasteiger partial charge in [-0.2, -0.15) is 5.26 Å². The van der Waals surface area contributed by atoms with Crippen LogP contribution in [0.1, 0.15) is 12.5 Å². The maximum absolute atomic E-state index is 8.66. The molecule has 4 nitrogen and oxygen atoms in total. The van der Waals surface area contributed by atoms with Crippen LogP contribution in [0, 0.1) is 11.3 Å². The Labute approximate surface area is 95.8 Å². The van der Waals surface area contributed by atoms with E-state index in [-0.39, 0.29) is 12.3 Å². The molecule has 0 bridgehead atoms. The van der Waals surface area contributed by atoms with Crippen molar-refractivity contribution in [2.24, 2.45) is 0 Å². The highest BCUT2D eigenvalue weighted by atomic mass is 16.7. The van der Waals surface area contributed by atoms with Crippen molar-refractivity contribution in [1.29, 1.82) is 5.26 Å². The first-order valence-electron chi connectivity index (χ1n) is 5.03. The van der Waals surface area contributed by atoms with Crippen LogP contribution in [-0.4, -0.2) is 26.6 Å². The summed E-state index contributed by atoms with van der Waals surface area (Å²) in [4.78, 5) is 0. The monoisotopic (exact) mass is 220 g/mol. The summed E-state index contributed by atoms with van der Waals surface area (Å²) in [5, 5.41) is 11.9. The Kier molecular flexibility index (Phi) is 4.77. The molecule has 0 spiro atoms. The minimum Gasteiger partial charge on any atom is -0.377 e. The minimum absolute atomic E-state index is 0.0305. The van der Waals surface area contributed by atoms with Gasteiger partial charge in [0.05, 0.1) is 17.7 Å². The summed E-state index contributed by atoms with van der Waals surface area (Å²) in [6.07, 6.45) is -0.296. The molecule has 1 unspecified atom stereocenters. The lowest BCUT2D eigenvalue weighted by atomic mass is 10.2. The lowest BCUT2D eigenvalue weighted by Gasteiger charge is -2.23. The molecule has 86 valence electrons. The Morgan fingerprint density at radius 1 is 1.19 bits per heavy atom. The average Bonchev–Trinajstić information content (AvgIpc) is 2.31. The highest BCUT2D eigenvalue weighted by Gasteiger charge is 2.14. The van der Waals surface area contributed by atoms with Crippen molar-refractivity contribution in [3.63, 3.8) is 0 Å². The SMILES string of the molecule is COC(OC)C(C)Nc1ccc(C#N)cc1. The second kappa shape index (κ2) is 6.11. The molecule has 4 heteroatoms. The first kappa shape index (κ1) is 12.5. The van der Waals surface area contributed by atoms with E-state index >= 15 is 0 Å². The molecular formula is C12H16N2O2. The van der Waals surface area contributed by atoms with Crippen LogP contribution in [0.3, 0.4) is 0 Å². The molecule has 1 atom stereocenters. The number of benzene rings is 1. The zero-order valence-electron chi connectivity index (χ0n) is 9.73. The third-order valence-corrected chi connectivity index (χ3v) is 2.28. The number of ether oxygens (including phenoxy) is 2. The molecule has 0 amide bonds. The highest BCUT2D eigenvalue weighted by Crippen LogP contribution is 2.12. The number of nitrogens with one attached hydrogen (secondary N) is 1. The Balaban J connectivity index is 2.62. The predicted octanol–water partition coefficient (Wildman–Crippen LogP) is 1.98. The largest absolute Gasteiger partial charge is 0.377 e. The maximum atomic E-state index is 8.66. The van der Waals surface area contributed by atoms with E-state index in [1.54, 1.807) is 26.4 Å². The van der Waals surface area contributed by atoms with Crippen molar-refractivity contribution >= 4 is 5.69 Å². The number of methoxy groups -OCH3 is 2. The van der Waals surface area contributed by atoms with Gasteiger partial charge in [-0.1, -0.05) is 0 Å². The lowest BCUT2D eigenvalue weighted by molar-refractivity contribution is -0.109. The summed E-state index contributed by atoms with van der Waals surface area (Å²) in [5.74, 6) is 0. The number of rotatable bonds is 5. The second-order valence-electron chi connectivity index (χ2n) is 3.46. The molecule has 16 heavy (non-hydrogen) atoms. The first-order valence-corrected chi connectivity index (χ1v) is 5.03. The summed E-state index contributed by atoms with van der Waals surface area (Å²) >= 11 is 0. The molecule has 0 radical (unpaired) electrons. The summed E-state index contributed by atoms with van der Waals surface area (Å²) < 4.78 is 10.3. The smallest absolute Gasteiger partial charge is 0.176 e. The van der Waals surface area contributed by atoms with Gasteiger partial charge in [-0.05, 0) is 31.2 Å². The fraction of sp³-hybridized carbons (Fsp3) is 0.417. The fourth-order valence-corrected chi connectivity index (χ4v) is 1.48. The third-order valence-electron chi connectivity index (χ3n) is 2.28. The molecule has 1 N–H and O–H groups in total. The van der Waals surface area contributed by atoms with Gasteiger partial charge in [-0.15, -0.1) is 0 Å². The highest BCUT2D eigenvalue weighted by molar-refractivity contribution is 5.47. The number of nitriles is 1. The van der Waals surface area contributed by atoms with Crippen LogP contribution in [0.2, 0.25) is 0 Å². The fourth-order valence-electron chi connectivity index (χ4n) is 1.48. The number of hydrogen-bond acceptors (Lipinski definition) is 4. The predicted molar refractivity (Wildman–Crippen MR) is 62.0 cm³/mol. The molecule has 0 saturated carbocycles. The topological polar surface area (TPSA) is 54.3 Å². The van der Waals surface area contributed by atoms with Crippen molar-refractivity contribution in [3.05, 3.63) is 29.8 Å². The average molecular weight is 220 g/mol. The quantitative estimate of drug-likeness (QED) is 0.771. The van der Waals surface area contributed by atoms with E-state index in [1.807, 2.05) is 19.1 Å². The maximum Gasteiger partial charge on any atom is 0.176 e. The van der Waals surface area contributed by atoms with Gasteiger partial charge in [-0.3, -0.25) is 0 Å². The molecule has 0 aliphatic rings. The van der Waals surface area contributed by atoms with Crippen LogP contribution in [0.4, 0.5) is 5.69 Å². The van der Waals surface area contributed by atoms with Gasteiger partial charge >= 0.3 is 0 Å². The Morgan fingerprint density at radius 3 is 2.19 bits per heavy atom. The van der Waals surface area contributed by atoms with Crippen molar-refractivity contribution in [1.82, 2.24) is 0 Å². The van der Waals surface area contributed by atoms with Crippen molar-refractivity contribution in [2.45, 2.75) is 19.3 Å². The molecule has 1 aromatic rings. The van der Waals surface area contributed by atoms with Gasteiger partial charge < -0.3 is 14.8 Å². The molecule has 0 heterocycles. The van der Waals surface area contributed by atoms with Crippen LogP contribution >= 0.6 is 0 Å². The van der Waals surface area contributed by atoms with E-state index < -0.39 is 0 Å². The lowest BCUT2D eigenvalue weighted by Crippen LogP contribution is -2.33. The summed E-state index contributed by atoms with van der Waals surface area (Å²) in [7, 11) is 3.20. The zero-order chi connectivity index (χ0) is 12.0. The normalized spacial score (nSPS) is 12.2. The summed E-state index contributed by atoms with van der Waals surface area (Å²) in [6, 6.07) is 9.36. The number of hydrogen-bond donors (Lipinski definition) is 1. The van der Waals surface area contributed by atoms with Crippen molar-refractivity contribution in [3.8, 4) is 6.07 Å². The van der Waals surface area contributed by atoms with Gasteiger partial charge in [0.15, 0.2) is 6.29 Å². The Morgan fingerprint density at radius 2 is 1.75 bits per heavy atom. The Bertz CT molecular complexity index is 352. The second-order valence-corrected chi connectivity index (χ2v) is 3.46. The standard InChI is InChI=1S/C12H16N2O2/c1-9(12(15-2)16-3)14-11-6-4-10(8-13)5-7-11/h4-7,9,12,14H,1-3H3. The van der Waals surface area contributed by atoms with E-state index in [1.165, 1.54) is 0 Å². The van der Waals surface area contributed by atoms with Gasteiger partial charge in [0.25, 0.3) is 0 Å². The summed E-state index contributed by atoms with van der Waals surface area (Å²) in [6.45, 7) is 1.97. The molecule has 0 aromatic heterocycles. The molecule has 0 fully saturated rings. The zero-order valence-corrected chi connectivity index (χ0v) is 9.73. The van der Waals surface area contributed by atoms with Crippen molar-refractivity contribution in [2.75, 3.05) is 19.5 Å². The van der Waals surface area contributed by atoms with E-state index in [0.29, 0.717) is 5.56 Å². The number of anilines is 1. The van der Waals surface area contributed by atoms with Gasteiger partial charge in [0.1, 0.15) is 0 Å². The summed E-state index contributed by atoms with van der Waals surface area (Å²) in [5.41, 5.74) is 1.58. The molecule has 0 saturated heterocycles. The van der Waals surface area contributed by atoms with Crippen LogP contribution in [-0.2, 0) is 9.47 Å². The van der Waals surface area contributed by atoms with Crippen LogP contribution in [0.15, 0.2) is 24.3 Å². The van der Waals surface area contributed by atoms with Crippen LogP contribution in [0.5, 0.6) is 0 Å². The van der Waals surface area contributed by atoms with E-state index in [4.69, 9.17) is 14.7 Å².